The largest absolute Gasteiger partial charge is 0.342 e. The van der Waals surface area contributed by atoms with Crippen LogP contribution in [0.5, 0.6) is 0 Å². The van der Waals surface area contributed by atoms with Crippen molar-refractivity contribution >= 4 is 23.2 Å². The van der Waals surface area contributed by atoms with E-state index in [1.807, 2.05) is 27.7 Å². The minimum Gasteiger partial charge on any atom is -0.342 e. The Morgan fingerprint density at radius 1 is 1.45 bits per heavy atom. The molecule has 1 aromatic rings. The van der Waals surface area contributed by atoms with Gasteiger partial charge >= 0.3 is 0 Å². The lowest BCUT2D eigenvalue weighted by Gasteiger charge is -2.39. The van der Waals surface area contributed by atoms with Crippen LogP contribution < -0.4 is 5.32 Å². The summed E-state index contributed by atoms with van der Waals surface area (Å²) < 4.78 is 0. The average Bonchev–Trinajstić information content (AvgIpc) is 2.79. The van der Waals surface area contributed by atoms with Crippen LogP contribution in [0.4, 0.5) is 0 Å². The van der Waals surface area contributed by atoms with Gasteiger partial charge in [-0.2, -0.15) is 0 Å². The smallest absolute Gasteiger partial charge is 0.246 e. The van der Waals surface area contributed by atoms with Crippen molar-refractivity contribution in [3.05, 3.63) is 16.1 Å². The molecule has 1 fully saturated rings. The van der Waals surface area contributed by atoms with Gasteiger partial charge in [0.2, 0.25) is 11.8 Å². The zero-order valence-electron chi connectivity index (χ0n) is 12.3. The number of thiazole rings is 1. The molecule has 2 heterocycles. The fourth-order valence-electron chi connectivity index (χ4n) is 2.48. The van der Waals surface area contributed by atoms with Crippen molar-refractivity contribution in [1.82, 2.24) is 15.2 Å². The number of piperazine rings is 1. The molecule has 6 heteroatoms. The van der Waals surface area contributed by atoms with Crippen molar-refractivity contribution in [2.75, 3.05) is 0 Å². The maximum absolute atomic E-state index is 12.6. The van der Waals surface area contributed by atoms with E-state index in [1.54, 1.807) is 22.4 Å². The second-order valence-electron chi connectivity index (χ2n) is 5.47. The van der Waals surface area contributed by atoms with Crippen molar-refractivity contribution in [3.63, 3.8) is 0 Å². The second-order valence-corrected chi connectivity index (χ2v) is 6.79. The Bertz CT molecular complexity index is 512. The van der Waals surface area contributed by atoms with E-state index in [1.165, 1.54) is 0 Å². The zero-order valence-corrected chi connectivity index (χ0v) is 13.2. The van der Waals surface area contributed by atoms with Crippen LogP contribution in [0.25, 0.3) is 0 Å². The number of hydrogen-bond donors (Lipinski definition) is 1. The lowest BCUT2D eigenvalue weighted by molar-refractivity contribution is -0.151. The Morgan fingerprint density at radius 3 is 2.65 bits per heavy atom. The van der Waals surface area contributed by atoms with Crippen LogP contribution in [0.1, 0.15) is 37.1 Å². The summed E-state index contributed by atoms with van der Waals surface area (Å²) in [6.45, 7) is 8.24. The number of aryl methyl sites for hydroxylation is 1. The summed E-state index contributed by atoms with van der Waals surface area (Å²) in [5.74, 6) is 0.0551. The van der Waals surface area contributed by atoms with Gasteiger partial charge in [0.1, 0.15) is 12.1 Å². The van der Waals surface area contributed by atoms with E-state index in [-0.39, 0.29) is 23.8 Å². The van der Waals surface area contributed by atoms with Gasteiger partial charge in [-0.05, 0) is 19.3 Å². The first-order valence-electron chi connectivity index (χ1n) is 6.96. The Labute approximate surface area is 123 Å². The van der Waals surface area contributed by atoms with Crippen LogP contribution in [-0.4, -0.2) is 33.8 Å². The number of aromatic nitrogens is 1. The van der Waals surface area contributed by atoms with Crippen LogP contribution in [0, 0.1) is 12.8 Å². The van der Waals surface area contributed by atoms with Gasteiger partial charge in [0, 0.05) is 11.1 Å². The number of carbonyl (C=O) groups excluding carboxylic acids is 2. The molecule has 2 atom stereocenters. The van der Waals surface area contributed by atoms with Gasteiger partial charge in [0.15, 0.2) is 0 Å². The first kappa shape index (κ1) is 15.0. The van der Waals surface area contributed by atoms with E-state index in [4.69, 9.17) is 0 Å². The standard InChI is InChI=1S/C14H21N3O2S/c1-5-11-13(18)16-12(8(2)3)14(19)17(11)7-10-6-15-9(4)20-10/h6,8,11-12H,5,7H2,1-4H3,(H,16,18). The van der Waals surface area contributed by atoms with Crippen molar-refractivity contribution in [3.8, 4) is 0 Å². The van der Waals surface area contributed by atoms with Crippen molar-refractivity contribution in [1.29, 1.82) is 0 Å². The number of nitrogens with zero attached hydrogens (tertiary/aromatic N) is 2. The maximum atomic E-state index is 12.6. The predicted molar refractivity (Wildman–Crippen MR) is 78.2 cm³/mol. The van der Waals surface area contributed by atoms with Gasteiger partial charge in [0.05, 0.1) is 11.6 Å². The number of carbonyl (C=O) groups is 2. The SMILES string of the molecule is CCC1C(=O)NC(C(C)C)C(=O)N1Cc1cnc(C)s1. The van der Waals surface area contributed by atoms with Crippen molar-refractivity contribution in [2.24, 2.45) is 5.92 Å². The van der Waals surface area contributed by atoms with Gasteiger partial charge in [0.25, 0.3) is 0 Å². The normalized spacial score (nSPS) is 23.4. The highest BCUT2D eigenvalue weighted by atomic mass is 32.1. The molecule has 0 bridgehead atoms. The first-order chi connectivity index (χ1) is 9.43. The summed E-state index contributed by atoms with van der Waals surface area (Å²) in [5.41, 5.74) is 0. The Kier molecular flexibility index (Phi) is 4.42. The van der Waals surface area contributed by atoms with Gasteiger partial charge in [-0.3, -0.25) is 9.59 Å². The number of hydrogen-bond acceptors (Lipinski definition) is 4. The summed E-state index contributed by atoms with van der Waals surface area (Å²) in [7, 11) is 0. The van der Waals surface area contributed by atoms with Gasteiger partial charge in [-0.25, -0.2) is 4.98 Å². The molecule has 1 saturated heterocycles. The molecular formula is C14H21N3O2S. The quantitative estimate of drug-likeness (QED) is 0.920. The minimum atomic E-state index is -0.417. The van der Waals surface area contributed by atoms with E-state index in [0.29, 0.717) is 13.0 Å². The molecule has 20 heavy (non-hydrogen) atoms. The summed E-state index contributed by atoms with van der Waals surface area (Å²) in [6, 6.07) is -0.792. The van der Waals surface area contributed by atoms with E-state index in [9.17, 15) is 9.59 Å². The molecule has 0 saturated carbocycles. The average molecular weight is 295 g/mol. The third-order valence-corrected chi connectivity index (χ3v) is 4.47. The molecule has 110 valence electrons. The molecule has 2 amide bonds. The maximum Gasteiger partial charge on any atom is 0.246 e. The van der Waals surface area contributed by atoms with E-state index in [0.717, 1.165) is 9.88 Å². The van der Waals surface area contributed by atoms with Crippen LogP contribution in [-0.2, 0) is 16.1 Å². The summed E-state index contributed by atoms with van der Waals surface area (Å²) in [6.07, 6.45) is 2.41. The van der Waals surface area contributed by atoms with Crippen LogP contribution >= 0.6 is 11.3 Å². The fraction of sp³-hybridized carbons (Fsp3) is 0.643. The Balaban J connectivity index is 2.24. The summed E-state index contributed by atoms with van der Waals surface area (Å²) in [4.78, 5) is 31.7. The molecule has 2 unspecified atom stereocenters. The molecule has 0 aromatic carbocycles. The predicted octanol–water partition coefficient (Wildman–Crippen LogP) is 1.71. The Morgan fingerprint density at radius 2 is 2.15 bits per heavy atom. The lowest BCUT2D eigenvalue weighted by atomic mass is 9.97. The summed E-state index contributed by atoms with van der Waals surface area (Å²) in [5, 5.41) is 3.82. The third kappa shape index (κ3) is 2.85. The van der Waals surface area contributed by atoms with Crippen molar-refractivity contribution in [2.45, 2.75) is 52.7 Å². The molecule has 0 aliphatic carbocycles. The third-order valence-electron chi connectivity index (χ3n) is 3.57. The van der Waals surface area contributed by atoms with E-state index in [2.05, 4.69) is 10.3 Å². The molecule has 0 spiro atoms. The molecule has 0 radical (unpaired) electrons. The topological polar surface area (TPSA) is 62.3 Å². The fourth-order valence-corrected chi connectivity index (χ4v) is 3.27. The minimum absolute atomic E-state index is 0.0116. The highest BCUT2D eigenvalue weighted by Crippen LogP contribution is 2.22. The van der Waals surface area contributed by atoms with Crippen LogP contribution in [0.3, 0.4) is 0 Å². The molecule has 1 N–H and O–H groups in total. The molecule has 1 aromatic heterocycles. The highest BCUT2D eigenvalue weighted by Gasteiger charge is 2.40. The van der Waals surface area contributed by atoms with Crippen LogP contribution in [0.2, 0.25) is 0 Å². The molecule has 1 aliphatic heterocycles. The number of rotatable bonds is 4. The van der Waals surface area contributed by atoms with Gasteiger partial charge in [-0.1, -0.05) is 20.8 Å². The first-order valence-corrected chi connectivity index (χ1v) is 7.77. The van der Waals surface area contributed by atoms with E-state index < -0.39 is 6.04 Å². The lowest BCUT2D eigenvalue weighted by Crippen LogP contribution is -2.64. The van der Waals surface area contributed by atoms with Gasteiger partial charge in [-0.15, -0.1) is 11.3 Å². The molecule has 5 nitrogen and oxygen atoms in total. The van der Waals surface area contributed by atoms with Crippen LogP contribution in [0.15, 0.2) is 6.20 Å². The van der Waals surface area contributed by atoms with Crippen molar-refractivity contribution < 1.29 is 9.59 Å². The van der Waals surface area contributed by atoms with E-state index >= 15 is 0 Å². The highest BCUT2D eigenvalue weighted by molar-refractivity contribution is 7.11. The summed E-state index contributed by atoms with van der Waals surface area (Å²) >= 11 is 1.57. The number of nitrogens with one attached hydrogen (secondary N) is 1. The molecular weight excluding hydrogens is 274 g/mol. The second kappa shape index (κ2) is 5.91. The van der Waals surface area contributed by atoms with Gasteiger partial charge < -0.3 is 10.2 Å². The molecule has 2 rings (SSSR count). The molecule has 1 aliphatic rings. The monoisotopic (exact) mass is 295 g/mol. The number of amides is 2. The zero-order chi connectivity index (χ0) is 14.9. The Hall–Kier alpha value is -1.43.